The van der Waals surface area contributed by atoms with Crippen molar-refractivity contribution in [2.24, 2.45) is 0 Å². The van der Waals surface area contributed by atoms with Crippen molar-refractivity contribution in [1.82, 2.24) is 0 Å². The molecule has 4 heteroatoms. The van der Waals surface area contributed by atoms with Gasteiger partial charge in [-0.25, -0.2) is 0 Å². The summed E-state index contributed by atoms with van der Waals surface area (Å²) in [5.74, 6) is 0.0923. The summed E-state index contributed by atoms with van der Waals surface area (Å²) < 4.78 is 2.63. The Morgan fingerprint density at radius 2 is 0.754 bits per heavy atom. The summed E-state index contributed by atoms with van der Waals surface area (Å²) in [5, 5.41) is 8.46. The second kappa shape index (κ2) is 13.7. The molecule has 57 heavy (non-hydrogen) atoms. The first kappa shape index (κ1) is 35.1. The van der Waals surface area contributed by atoms with E-state index in [1.807, 2.05) is 18.2 Å². The zero-order chi connectivity index (χ0) is 38.4. The number of carbonyl (C=O) groups excluding carboxylic acids is 1. The van der Waals surface area contributed by atoms with Crippen molar-refractivity contribution < 1.29 is 4.79 Å². The molecule has 1 atom stereocenters. The van der Waals surface area contributed by atoms with E-state index in [0.29, 0.717) is 0 Å². The maximum atomic E-state index is 16.6. The molecule has 10 rings (SSSR count). The van der Waals surface area contributed by atoms with Crippen LogP contribution in [-0.4, -0.2) is 16.4 Å². The average molecular weight is 770 g/mol. The molecule has 1 aliphatic heterocycles. The van der Waals surface area contributed by atoms with E-state index >= 15 is 4.79 Å². The number of nitrogens with zero attached hydrogens (tertiary/aromatic N) is 1. The Bertz CT molecular complexity index is 2610. The zero-order valence-electron chi connectivity index (χ0n) is 31.4. The molecule has 1 fully saturated rings. The van der Waals surface area contributed by atoms with Gasteiger partial charge in [-0.3, -0.25) is 0 Å². The van der Waals surface area contributed by atoms with E-state index < -0.39 is 19.2 Å². The number of hydrogen-bond acceptors (Lipinski definition) is 2. The Morgan fingerprint density at radius 3 is 1.18 bits per heavy atom. The monoisotopic (exact) mass is 769 g/mol. The van der Waals surface area contributed by atoms with Gasteiger partial charge in [0, 0.05) is 0 Å². The zero-order valence-corrected chi connectivity index (χ0v) is 33.2. The Balaban J connectivity index is 1.63. The molecule has 1 spiro atoms. The van der Waals surface area contributed by atoms with Crippen LogP contribution in [0.4, 0.5) is 5.69 Å². The molecule has 1 aliphatic carbocycles. The predicted molar refractivity (Wildman–Crippen MR) is 247 cm³/mol. The third-order valence-corrected chi connectivity index (χ3v) is 24.8. The summed E-state index contributed by atoms with van der Waals surface area (Å²) in [6.07, 6.45) is 4.48. The van der Waals surface area contributed by atoms with Crippen LogP contribution in [0.25, 0.3) is 6.08 Å². The fourth-order valence-corrected chi connectivity index (χ4v) is 26.2. The van der Waals surface area contributed by atoms with Crippen molar-refractivity contribution in [3.8, 4) is 0 Å². The number of Topliss-reactive ketones (excluding diaryl/α,β-unsaturated/α-hetero) is 1. The van der Waals surface area contributed by atoms with Gasteiger partial charge in [0.25, 0.3) is 0 Å². The van der Waals surface area contributed by atoms with Crippen LogP contribution in [0.1, 0.15) is 15.9 Å². The van der Waals surface area contributed by atoms with Crippen molar-refractivity contribution in [3.05, 3.63) is 254 Å². The number of hydrogen-bond donors (Lipinski definition) is 0. The second-order valence-electron chi connectivity index (χ2n) is 14.7. The van der Waals surface area contributed by atoms with E-state index in [9.17, 15) is 0 Å². The Hall–Kier alpha value is -6.30. The first-order valence-electron chi connectivity index (χ1n) is 19.5. The summed E-state index contributed by atoms with van der Waals surface area (Å²) in [5.41, 5.74) is 1.45. The number of carbonyl (C=O) groups is 1. The van der Waals surface area contributed by atoms with Gasteiger partial charge in [-0.2, -0.15) is 0 Å². The van der Waals surface area contributed by atoms with Crippen molar-refractivity contribution >= 4 is 68.0 Å². The number of ketones is 1. The van der Waals surface area contributed by atoms with E-state index in [2.05, 4.69) is 235 Å². The molecule has 0 N–H and O–H groups in total. The molecule has 0 radical (unpaired) electrons. The van der Waals surface area contributed by atoms with Gasteiger partial charge in [-0.05, 0) is 0 Å². The van der Waals surface area contributed by atoms with E-state index in [4.69, 9.17) is 0 Å². The molecule has 0 aromatic heterocycles. The fraction of sp³-hybridized carbons (Fsp3) is 0.0189. The molecule has 2 aliphatic rings. The molecule has 2 nitrogen and oxygen atoms in total. The molecule has 1 heterocycles. The predicted octanol–water partition coefficient (Wildman–Crippen LogP) is 9.72. The van der Waals surface area contributed by atoms with Crippen molar-refractivity contribution in [1.29, 1.82) is 0 Å². The molecule has 8 aromatic rings. The van der Waals surface area contributed by atoms with E-state index in [1.165, 1.54) is 36.9 Å². The minimum atomic E-state index is -4.27. The van der Waals surface area contributed by atoms with Gasteiger partial charge in [0.1, 0.15) is 0 Å². The molecular formula is C53H41NOP2. The summed E-state index contributed by atoms with van der Waals surface area (Å²) in [7, 11) is 0. The second-order valence-corrected chi connectivity index (χ2v) is 23.0. The first-order valence-corrected chi connectivity index (χ1v) is 23.5. The van der Waals surface area contributed by atoms with Crippen LogP contribution >= 0.6 is 13.6 Å². The van der Waals surface area contributed by atoms with E-state index in [1.54, 1.807) is 0 Å². The van der Waals surface area contributed by atoms with Crippen LogP contribution in [0, 0.1) is 0 Å². The van der Waals surface area contributed by atoms with Crippen molar-refractivity contribution in [3.63, 3.8) is 0 Å². The summed E-state index contributed by atoms with van der Waals surface area (Å²) in [4.78, 5) is 16.6. The van der Waals surface area contributed by atoms with Gasteiger partial charge >= 0.3 is 337 Å². The third kappa shape index (κ3) is 4.61. The van der Waals surface area contributed by atoms with E-state index in [-0.39, 0.29) is 5.78 Å². The molecule has 274 valence electrons. The Kier molecular flexibility index (Phi) is 8.46. The standard InChI is InChI=1S/C53H41NOP2/c55-51-50-39-23-22-24-42(50)40-41-53(51)52(56(44-27-10-2-11-28-44,45-29-12-3-13-30-45)46-31-14-4-15-32-46)57(47-33-16-5-17-34-47,48-35-18-6-19-36-48,49-37-20-7-21-38-49)54(53)43-25-8-1-9-26-43/h1-41H. The van der Waals surface area contributed by atoms with Gasteiger partial charge in [-0.15, -0.1) is 0 Å². The number of anilines is 1. The number of benzene rings is 8. The van der Waals surface area contributed by atoms with Crippen LogP contribution in [0.15, 0.2) is 243 Å². The van der Waals surface area contributed by atoms with Gasteiger partial charge < -0.3 is 0 Å². The normalized spacial score (nSPS) is 18.5. The fourth-order valence-electron chi connectivity index (χ4n) is 10.1. The van der Waals surface area contributed by atoms with Gasteiger partial charge in [0.05, 0.1) is 0 Å². The van der Waals surface area contributed by atoms with Gasteiger partial charge in [0.2, 0.25) is 0 Å². The molecular weight excluding hydrogens is 729 g/mol. The molecule has 0 bridgehead atoms. The van der Waals surface area contributed by atoms with Crippen LogP contribution in [0.3, 0.4) is 0 Å². The third-order valence-electron chi connectivity index (χ3n) is 12.1. The topological polar surface area (TPSA) is 20.3 Å². The molecule has 1 unspecified atom stereocenters. The van der Waals surface area contributed by atoms with Gasteiger partial charge in [-0.1, -0.05) is 0 Å². The average Bonchev–Trinajstić information content (AvgIpc) is 3.30. The Morgan fingerprint density at radius 1 is 0.404 bits per heavy atom. The molecule has 0 saturated carbocycles. The molecule has 1 saturated heterocycles. The summed E-state index contributed by atoms with van der Waals surface area (Å²) in [6, 6.07) is 85.6. The number of fused-ring (bicyclic) bond motifs is 1. The van der Waals surface area contributed by atoms with Crippen LogP contribution in [-0.2, 0) is 0 Å². The maximum absolute atomic E-state index is 16.6. The minimum absolute atomic E-state index is 0.0923. The SMILES string of the molecule is O=C1c2ccccc2C=CC12C(=P(c1ccccc1)(c1ccccc1)c1ccccc1)P(c1ccccc1)(c1ccccc1)(c1ccccc1)N2c1ccccc1. The van der Waals surface area contributed by atoms with Crippen LogP contribution < -0.4 is 36.5 Å². The summed E-state index contributed by atoms with van der Waals surface area (Å²) >= 11 is 0. The van der Waals surface area contributed by atoms with Crippen molar-refractivity contribution in [2.45, 2.75) is 5.54 Å². The molecule has 0 amide bonds. The summed E-state index contributed by atoms with van der Waals surface area (Å²) in [6.45, 7) is -7.29. The number of para-hydroxylation sites is 1. The molecule has 8 aromatic carbocycles. The van der Waals surface area contributed by atoms with Crippen LogP contribution in [0.2, 0.25) is 0 Å². The number of rotatable bonds is 7. The van der Waals surface area contributed by atoms with E-state index in [0.717, 1.165) is 16.8 Å². The quantitative estimate of drug-likeness (QED) is 0.151. The first-order chi connectivity index (χ1) is 28.2. The van der Waals surface area contributed by atoms with Gasteiger partial charge in [0.15, 0.2) is 0 Å². The van der Waals surface area contributed by atoms with Crippen molar-refractivity contribution in [2.75, 3.05) is 4.67 Å². The van der Waals surface area contributed by atoms with Crippen LogP contribution in [0.5, 0.6) is 0 Å². The Labute approximate surface area is 335 Å².